The van der Waals surface area contributed by atoms with Crippen LogP contribution in [-0.2, 0) is 10.0 Å². The largest absolute Gasteiger partial charge is 0.474 e. The van der Waals surface area contributed by atoms with Crippen LogP contribution in [0.4, 0.5) is 5.69 Å². The van der Waals surface area contributed by atoms with E-state index in [0.29, 0.717) is 11.6 Å². The lowest BCUT2D eigenvalue weighted by Crippen LogP contribution is -2.35. The van der Waals surface area contributed by atoms with Crippen molar-refractivity contribution in [2.24, 2.45) is 0 Å². The molecule has 0 bridgehead atoms. The summed E-state index contributed by atoms with van der Waals surface area (Å²) in [5.74, 6) is 0.522. The first-order chi connectivity index (χ1) is 12.3. The highest BCUT2D eigenvalue weighted by Crippen LogP contribution is 2.21. The van der Waals surface area contributed by atoms with Crippen molar-refractivity contribution in [1.82, 2.24) is 9.88 Å². The van der Waals surface area contributed by atoms with Crippen LogP contribution >= 0.6 is 0 Å². The fraction of sp³-hybridized carbons (Fsp3) is 0.421. The third-order valence-corrected chi connectivity index (χ3v) is 6.11. The molecule has 1 aromatic heterocycles. The number of benzene rings is 1. The Labute approximate surface area is 155 Å². The van der Waals surface area contributed by atoms with Gasteiger partial charge in [-0.05, 0) is 63.1 Å². The van der Waals surface area contributed by atoms with Gasteiger partial charge >= 0.3 is 0 Å². The van der Waals surface area contributed by atoms with E-state index in [2.05, 4.69) is 21.7 Å². The van der Waals surface area contributed by atoms with Crippen LogP contribution < -0.4 is 9.46 Å². The maximum atomic E-state index is 12.5. The van der Waals surface area contributed by atoms with Crippen molar-refractivity contribution in [1.29, 1.82) is 0 Å². The second-order valence-corrected chi connectivity index (χ2v) is 8.54. The molecule has 0 spiro atoms. The van der Waals surface area contributed by atoms with Crippen LogP contribution in [0, 0.1) is 13.8 Å². The van der Waals surface area contributed by atoms with E-state index in [1.165, 1.54) is 6.20 Å². The Kier molecular flexibility index (Phi) is 5.48. The smallest absolute Gasteiger partial charge is 0.261 e. The number of nitrogens with one attached hydrogen (secondary N) is 1. The second kappa shape index (κ2) is 7.63. The second-order valence-electron chi connectivity index (χ2n) is 6.86. The van der Waals surface area contributed by atoms with Crippen molar-refractivity contribution in [3.63, 3.8) is 0 Å². The number of anilines is 1. The van der Waals surface area contributed by atoms with E-state index in [1.807, 2.05) is 13.8 Å². The number of hydrogen-bond acceptors (Lipinski definition) is 5. The highest BCUT2D eigenvalue weighted by atomic mass is 32.2. The van der Waals surface area contributed by atoms with Gasteiger partial charge < -0.3 is 9.64 Å². The molecule has 1 aromatic carbocycles. The minimum atomic E-state index is -3.64. The molecule has 0 atom stereocenters. The van der Waals surface area contributed by atoms with E-state index in [-0.39, 0.29) is 11.0 Å². The molecule has 0 amide bonds. The Morgan fingerprint density at radius 3 is 2.46 bits per heavy atom. The minimum absolute atomic E-state index is 0.164. The molecule has 0 saturated carbocycles. The summed E-state index contributed by atoms with van der Waals surface area (Å²) in [7, 11) is -1.53. The molecule has 140 valence electrons. The number of hydrogen-bond donors (Lipinski definition) is 1. The van der Waals surface area contributed by atoms with Crippen LogP contribution in [-0.4, -0.2) is 44.5 Å². The summed E-state index contributed by atoms with van der Waals surface area (Å²) in [4.78, 5) is 6.76. The molecule has 6 nitrogen and oxygen atoms in total. The third kappa shape index (κ3) is 4.53. The van der Waals surface area contributed by atoms with Gasteiger partial charge in [-0.2, -0.15) is 0 Å². The highest BCUT2D eigenvalue weighted by Gasteiger charge is 2.19. The van der Waals surface area contributed by atoms with E-state index in [9.17, 15) is 8.42 Å². The monoisotopic (exact) mass is 375 g/mol. The number of pyridine rings is 1. The zero-order chi connectivity index (χ0) is 18.7. The fourth-order valence-corrected chi connectivity index (χ4v) is 4.01. The van der Waals surface area contributed by atoms with Gasteiger partial charge in [-0.25, -0.2) is 13.4 Å². The maximum Gasteiger partial charge on any atom is 0.261 e. The highest BCUT2D eigenvalue weighted by molar-refractivity contribution is 7.92. The molecule has 1 aliphatic rings. The zero-order valence-electron chi connectivity index (χ0n) is 15.4. The predicted molar refractivity (Wildman–Crippen MR) is 102 cm³/mol. The molecule has 2 aromatic rings. The molecule has 1 saturated heterocycles. The first-order valence-electron chi connectivity index (χ1n) is 8.75. The first kappa shape index (κ1) is 18.7. The molecule has 0 aliphatic carbocycles. The van der Waals surface area contributed by atoms with Crippen LogP contribution in [0.25, 0.3) is 0 Å². The molecule has 7 heteroatoms. The van der Waals surface area contributed by atoms with Crippen molar-refractivity contribution in [3.8, 4) is 5.88 Å². The Balaban J connectivity index is 1.65. The average molecular weight is 375 g/mol. The molecular weight excluding hydrogens is 350 g/mol. The van der Waals surface area contributed by atoms with Crippen LogP contribution in [0.5, 0.6) is 5.88 Å². The molecule has 1 fully saturated rings. The number of ether oxygens (including phenoxy) is 1. The zero-order valence-corrected chi connectivity index (χ0v) is 16.2. The van der Waals surface area contributed by atoms with E-state index >= 15 is 0 Å². The number of nitrogens with zero attached hydrogens (tertiary/aromatic N) is 2. The van der Waals surface area contributed by atoms with E-state index in [4.69, 9.17) is 4.74 Å². The molecular formula is C19H25N3O3S. The molecule has 1 aliphatic heterocycles. The van der Waals surface area contributed by atoms with Crippen LogP contribution in [0.2, 0.25) is 0 Å². The number of sulfonamides is 1. The van der Waals surface area contributed by atoms with Gasteiger partial charge in [0, 0.05) is 19.2 Å². The summed E-state index contributed by atoms with van der Waals surface area (Å²) in [5, 5.41) is 0. The maximum absolute atomic E-state index is 12.5. The number of aryl methyl sites for hydroxylation is 2. The minimum Gasteiger partial charge on any atom is -0.474 e. The van der Waals surface area contributed by atoms with Gasteiger partial charge in [0.15, 0.2) is 0 Å². The van der Waals surface area contributed by atoms with Crippen molar-refractivity contribution >= 4 is 15.7 Å². The lowest BCUT2D eigenvalue weighted by Gasteiger charge is -2.28. The first-order valence-corrected chi connectivity index (χ1v) is 10.2. The third-order valence-electron chi connectivity index (χ3n) is 4.73. The number of aromatic nitrogens is 1. The van der Waals surface area contributed by atoms with Crippen molar-refractivity contribution in [2.75, 3.05) is 24.9 Å². The van der Waals surface area contributed by atoms with Gasteiger partial charge in [-0.3, -0.25) is 4.72 Å². The van der Waals surface area contributed by atoms with E-state index in [0.717, 1.165) is 37.1 Å². The summed E-state index contributed by atoms with van der Waals surface area (Å²) in [5.41, 5.74) is 2.41. The number of rotatable bonds is 5. The van der Waals surface area contributed by atoms with Crippen molar-refractivity contribution in [3.05, 3.63) is 47.7 Å². The lowest BCUT2D eigenvalue weighted by molar-refractivity contribution is 0.110. The Bertz CT molecular complexity index is 858. The molecule has 26 heavy (non-hydrogen) atoms. The summed E-state index contributed by atoms with van der Waals surface area (Å²) < 4.78 is 33.5. The van der Waals surface area contributed by atoms with E-state index in [1.54, 1.807) is 30.3 Å². The molecule has 0 radical (unpaired) electrons. The van der Waals surface area contributed by atoms with Crippen LogP contribution in [0.3, 0.4) is 0 Å². The molecule has 0 unspecified atom stereocenters. The van der Waals surface area contributed by atoms with Gasteiger partial charge in [0.2, 0.25) is 5.88 Å². The number of piperidine rings is 1. The topological polar surface area (TPSA) is 71.5 Å². The Morgan fingerprint density at radius 1 is 1.12 bits per heavy atom. The molecule has 3 rings (SSSR count). The Morgan fingerprint density at radius 2 is 1.85 bits per heavy atom. The average Bonchev–Trinajstić information content (AvgIpc) is 2.61. The fourth-order valence-electron chi connectivity index (χ4n) is 2.88. The quantitative estimate of drug-likeness (QED) is 0.870. The summed E-state index contributed by atoms with van der Waals surface area (Å²) >= 11 is 0. The Hall–Kier alpha value is -2.12. The van der Waals surface area contributed by atoms with Crippen LogP contribution in [0.15, 0.2) is 41.4 Å². The van der Waals surface area contributed by atoms with E-state index < -0.39 is 10.0 Å². The number of likely N-dealkylation sites (tertiary alicyclic amines) is 1. The van der Waals surface area contributed by atoms with Crippen LogP contribution in [0.1, 0.15) is 24.0 Å². The van der Waals surface area contributed by atoms with Gasteiger partial charge in [0.25, 0.3) is 10.0 Å². The summed E-state index contributed by atoms with van der Waals surface area (Å²) in [6.45, 7) is 5.87. The van der Waals surface area contributed by atoms with Gasteiger partial charge in [-0.1, -0.05) is 6.07 Å². The van der Waals surface area contributed by atoms with Gasteiger partial charge in [0.1, 0.15) is 6.10 Å². The summed E-state index contributed by atoms with van der Waals surface area (Å²) in [6, 6.07) is 8.46. The molecule has 2 heterocycles. The SMILES string of the molecule is Cc1ccc(S(=O)(=O)Nc2ccc(OC3CCN(C)CC3)nc2)cc1C. The van der Waals surface area contributed by atoms with Crippen molar-refractivity contribution in [2.45, 2.75) is 37.7 Å². The summed E-state index contributed by atoms with van der Waals surface area (Å²) in [6.07, 6.45) is 3.60. The van der Waals surface area contributed by atoms with Gasteiger partial charge in [-0.15, -0.1) is 0 Å². The standard InChI is InChI=1S/C19H25N3O3S/c1-14-4-6-18(12-15(14)2)26(23,24)21-16-5-7-19(20-13-16)25-17-8-10-22(3)11-9-17/h4-7,12-13,17,21H,8-11H2,1-3H3. The lowest BCUT2D eigenvalue weighted by atomic mass is 10.1. The normalized spacial score (nSPS) is 16.4. The molecule has 1 N–H and O–H groups in total. The van der Waals surface area contributed by atoms with Gasteiger partial charge in [0.05, 0.1) is 16.8 Å². The predicted octanol–water partition coefficient (Wildman–Crippen LogP) is 2.97. The van der Waals surface area contributed by atoms with Crippen molar-refractivity contribution < 1.29 is 13.2 Å².